The highest BCUT2D eigenvalue weighted by atomic mass is 16.5. The lowest BCUT2D eigenvalue weighted by molar-refractivity contribution is 0.0525. The van der Waals surface area contributed by atoms with Crippen molar-refractivity contribution in [2.24, 2.45) is 0 Å². The van der Waals surface area contributed by atoms with Gasteiger partial charge < -0.3 is 4.74 Å². The Morgan fingerprint density at radius 2 is 1.86 bits per heavy atom. The molecular weight excluding hydrogens is 276 g/mol. The first-order chi connectivity index (χ1) is 10.7. The normalized spacial score (nSPS) is 15.9. The molecule has 1 aromatic carbocycles. The highest BCUT2D eigenvalue weighted by Gasteiger charge is 2.39. The van der Waals surface area contributed by atoms with Gasteiger partial charge in [0.25, 0.3) is 0 Å². The topological polar surface area (TPSA) is 52.1 Å². The van der Waals surface area contributed by atoms with Gasteiger partial charge in [-0.05, 0) is 25.3 Å². The molecule has 1 fully saturated rings. The van der Waals surface area contributed by atoms with Crippen LogP contribution >= 0.6 is 0 Å². The molecule has 1 aliphatic rings. The molecular formula is C18H20N2O2. The van der Waals surface area contributed by atoms with Gasteiger partial charge in [-0.1, -0.05) is 36.8 Å². The predicted molar refractivity (Wildman–Crippen MR) is 83.7 cm³/mol. The Labute approximate surface area is 130 Å². The predicted octanol–water partition coefficient (Wildman–Crippen LogP) is 3.32. The van der Waals surface area contributed by atoms with Crippen LogP contribution in [0.3, 0.4) is 0 Å². The first-order valence-corrected chi connectivity index (χ1v) is 7.77. The molecule has 22 heavy (non-hydrogen) atoms. The first-order valence-electron chi connectivity index (χ1n) is 7.77. The van der Waals surface area contributed by atoms with Gasteiger partial charge in [-0.3, -0.25) is 0 Å². The molecule has 0 unspecified atom stereocenters. The lowest BCUT2D eigenvalue weighted by atomic mass is 9.62. The van der Waals surface area contributed by atoms with Gasteiger partial charge in [0.2, 0.25) is 0 Å². The second kappa shape index (κ2) is 6.26. The third-order valence-corrected chi connectivity index (χ3v) is 4.41. The van der Waals surface area contributed by atoms with Crippen LogP contribution in [-0.4, -0.2) is 22.5 Å². The molecule has 114 valence electrons. The zero-order valence-corrected chi connectivity index (χ0v) is 12.8. The average molecular weight is 296 g/mol. The van der Waals surface area contributed by atoms with Gasteiger partial charge in [-0.15, -0.1) is 0 Å². The summed E-state index contributed by atoms with van der Waals surface area (Å²) in [6, 6.07) is 10.6. The summed E-state index contributed by atoms with van der Waals surface area (Å²) in [7, 11) is 0. The first kappa shape index (κ1) is 14.7. The molecule has 0 bridgehead atoms. The average Bonchev–Trinajstić information content (AvgIpc) is 2.52. The summed E-state index contributed by atoms with van der Waals surface area (Å²) < 4.78 is 4.95. The van der Waals surface area contributed by atoms with E-state index in [0.29, 0.717) is 12.2 Å². The summed E-state index contributed by atoms with van der Waals surface area (Å²) in [5, 5.41) is 0. The van der Waals surface area contributed by atoms with Crippen LogP contribution in [0.25, 0.3) is 0 Å². The van der Waals surface area contributed by atoms with Crippen LogP contribution in [0.15, 0.2) is 42.7 Å². The maximum absolute atomic E-state index is 11.6. The van der Waals surface area contributed by atoms with E-state index in [1.165, 1.54) is 24.8 Å². The fourth-order valence-electron chi connectivity index (χ4n) is 3.03. The van der Waals surface area contributed by atoms with Crippen molar-refractivity contribution in [1.82, 2.24) is 9.97 Å². The lowest BCUT2D eigenvalue weighted by Crippen LogP contribution is -2.37. The summed E-state index contributed by atoms with van der Waals surface area (Å²) >= 11 is 0. The standard InChI is InChI=1S/C18H20N2O2/c1-2-22-17(21)14-12-19-16(20-13-14)11-18(9-6-10-18)15-7-4-3-5-8-15/h3-5,7-8,12-13H,2,6,9-11H2,1H3. The molecule has 3 rings (SSSR count). The molecule has 1 aromatic heterocycles. The van der Waals surface area contributed by atoms with Crippen molar-refractivity contribution in [3.63, 3.8) is 0 Å². The zero-order valence-electron chi connectivity index (χ0n) is 12.8. The quantitative estimate of drug-likeness (QED) is 0.794. The largest absolute Gasteiger partial charge is 0.462 e. The maximum Gasteiger partial charge on any atom is 0.341 e. The van der Waals surface area contributed by atoms with E-state index in [1.54, 1.807) is 19.3 Å². The number of esters is 1. The number of benzene rings is 1. The summed E-state index contributed by atoms with van der Waals surface area (Å²) in [5.74, 6) is 0.423. The van der Waals surface area contributed by atoms with E-state index < -0.39 is 0 Å². The summed E-state index contributed by atoms with van der Waals surface area (Å²) in [5.41, 5.74) is 1.93. The van der Waals surface area contributed by atoms with Crippen molar-refractivity contribution < 1.29 is 9.53 Å². The number of carbonyl (C=O) groups excluding carboxylic acids is 1. The van der Waals surface area contributed by atoms with Gasteiger partial charge in [-0.25, -0.2) is 14.8 Å². The highest BCUT2D eigenvalue weighted by molar-refractivity contribution is 5.88. The van der Waals surface area contributed by atoms with Crippen molar-refractivity contribution in [1.29, 1.82) is 0 Å². The highest BCUT2D eigenvalue weighted by Crippen LogP contribution is 2.45. The number of ether oxygens (including phenoxy) is 1. The molecule has 0 N–H and O–H groups in total. The van der Waals surface area contributed by atoms with Crippen LogP contribution in [0, 0.1) is 0 Å². The Hall–Kier alpha value is -2.23. The molecule has 1 saturated carbocycles. The van der Waals surface area contributed by atoms with Crippen LogP contribution in [-0.2, 0) is 16.6 Å². The maximum atomic E-state index is 11.6. The summed E-state index contributed by atoms with van der Waals surface area (Å²) in [6.07, 6.45) is 7.53. The smallest absolute Gasteiger partial charge is 0.341 e. The number of nitrogens with zero attached hydrogens (tertiary/aromatic N) is 2. The van der Waals surface area contributed by atoms with Crippen molar-refractivity contribution >= 4 is 5.97 Å². The van der Waals surface area contributed by atoms with Crippen LogP contribution < -0.4 is 0 Å². The van der Waals surface area contributed by atoms with Crippen LogP contribution in [0.4, 0.5) is 0 Å². The van der Waals surface area contributed by atoms with E-state index in [1.807, 2.05) is 6.07 Å². The summed E-state index contributed by atoms with van der Waals surface area (Å²) in [4.78, 5) is 20.4. The van der Waals surface area contributed by atoms with E-state index in [4.69, 9.17) is 4.74 Å². The van der Waals surface area contributed by atoms with E-state index in [-0.39, 0.29) is 11.4 Å². The van der Waals surface area contributed by atoms with Gasteiger partial charge in [-0.2, -0.15) is 0 Å². The Morgan fingerprint density at radius 3 is 2.41 bits per heavy atom. The molecule has 1 heterocycles. The Bertz CT molecular complexity index is 634. The SMILES string of the molecule is CCOC(=O)c1cnc(CC2(c3ccccc3)CCC2)nc1. The fraction of sp³-hybridized carbons (Fsp3) is 0.389. The molecule has 0 radical (unpaired) electrons. The summed E-state index contributed by atoms with van der Waals surface area (Å²) in [6.45, 7) is 2.14. The number of aromatic nitrogens is 2. The molecule has 4 nitrogen and oxygen atoms in total. The van der Waals surface area contributed by atoms with Crippen molar-refractivity contribution in [2.45, 2.75) is 38.0 Å². The molecule has 1 aliphatic carbocycles. The van der Waals surface area contributed by atoms with Gasteiger partial charge in [0.05, 0.1) is 12.2 Å². The fourth-order valence-corrected chi connectivity index (χ4v) is 3.03. The molecule has 2 aromatic rings. The monoisotopic (exact) mass is 296 g/mol. The Balaban J connectivity index is 1.76. The van der Waals surface area contributed by atoms with Crippen LogP contribution in [0.1, 0.15) is 47.9 Å². The minimum atomic E-state index is -0.365. The van der Waals surface area contributed by atoms with Gasteiger partial charge >= 0.3 is 5.97 Å². The Kier molecular flexibility index (Phi) is 4.18. The molecule has 0 atom stereocenters. The third-order valence-electron chi connectivity index (χ3n) is 4.41. The minimum Gasteiger partial charge on any atom is -0.462 e. The molecule has 0 spiro atoms. The van der Waals surface area contributed by atoms with Gasteiger partial charge in [0, 0.05) is 24.2 Å². The van der Waals surface area contributed by atoms with Crippen LogP contribution in [0.5, 0.6) is 0 Å². The second-order valence-electron chi connectivity index (χ2n) is 5.79. The van der Waals surface area contributed by atoms with Crippen molar-refractivity contribution in [3.8, 4) is 0 Å². The zero-order chi connectivity index (χ0) is 15.4. The van der Waals surface area contributed by atoms with Crippen molar-refractivity contribution in [2.75, 3.05) is 6.61 Å². The van der Waals surface area contributed by atoms with Gasteiger partial charge in [0.1, 0.15) is 5.82 Å². The number of rotatable bonds is 5. The second-order valence-corrected chi connectivity index (χ2v) is 5.79. The van der Waals surface area contributed by atoms with E-state index >= 15 is 0 Å². The number of hydrogen-bond acceptors (Lipinski definition) is 4. The molecule has 0 aliphatic heterocycles. The van der Waals surface area contributed by atoms with E-state index in [0.717, 1.165) is 12.2 Å². The van der Waals surface area contributed by atoms with E-state index in [2.05, 4.69) is 34.2 Å². The number of carbonyl (C=O) groups is 1. The van der Waals surface area contributed by atoms with Crippen LogP contribution in [0.2, 0.25) is 0 Å². The van der Waals surface area contributed by atoms with Crippen molar-refractivity contribution in [3.05, 3.63) is 59.7 Å². The molecule has 4 heteroatoms. The lowest BCUT2D eigenvalue weighted by Gasteiger charge is -2.42. The Morgan fingerprint density at radius 1 is 1.18 bits per heavy atom. The molecule has 0 saturated heterocycles. The number of hydrogen-bond donors (Lipinski definition) is 0. The third kappa shape index (κ3) is 2.86. The van der Waals surface area contributed by atoms with Gasteiger partial charge in [0.15, 0.2) is 0 Å². The molecule has 0 amide bonds. The van der Waals surface area contributed by atoms with E-state index in [9.17, 15) is 4.79 Å². The minimum absolute atomic E-state index is 0.159.